The Kier molecular flexibility index (Phi) is 8.33. The Morgan fingerprint density at radius 3 is 2.08 bits per heavy atom. The molecule has 0 saturated carbocycles. The number of hydrogen-bond donors (Lipinski definition) is 0. The van der Waals surface area contributed by atoms with E-state index in [2.05, 4.69) is 36.1 Å². The second-order valence-electron chi connectivity index (χ2n) is 6.96. The topological polar surface area (TPSA) is 43.6 Å². The fraction of sp³-hybridized carbons (Fsp3) is 0.632. The fourth-order valence-electron chi connectivity index (χ4n) is 3.54. The third-order valence-corrected chi connectivity index (χ3v) is 20.2. The SMILES string of the molecule is CCC[CH2][Sn]([CH2]CCC)([CH2]CCC)[c]1cc(-n2ccnn2)c(F)cn1. The summed E-state index contributed by atoms with van der Waals surface area (Å²) in [6.45, 7) is 6.78. The standard InChI is InChI=1S/C7H4FN4.3C4H9.Sn/c8-6-5-9-2-1-7(6)12-4-3-10-11-12;3*1-3-4-2;/h1,3-5H;3*1,3-4H2,2H3;. The Balaban J connectivity index is 2.45. The van der Waals surface area contributed by atoms with Crippen LogP contribution < -0.4 is 3.71 Å². The van der Waals surface area contributed by atoms with E-state index in [1.165, 1.54) is 66.4 Å². The van der Waals surface area contributed by atoms with Crippen molar-refractivity contribution in [2.24, 2.45) is 0 Å². The zero-order valence-corrected chi connectivity index (χ0v) is 18.7. The summed E-state index contributed by atoms with van der Waals surface area (Å²) in [6.07, 6.45) is 12.1. The summed E-state index contributed by atoms with van der Waals surface area (Å²) < 4.78 is 21.1. The minimum atomic E-state index is -2.65. The van der Waals surface area contributed by atoms with Gasteiger partial charge >= 0.3 is 155 Å². The van der Waals surface area contributed by atoms with Gasteiger partial charge < -0.3 is 0 Å². The summed E-state index contributed by atoms with van der Waals surface area (Å²) in [7, 11) is 0. The van der Waals surface area contributed by atoms with Crippen molar-refractivity contribution in [3.8, 4) is 5.69 Å². The maximum atomic E-state index is 14.3. The molecule has 2 aromatic rings. The molecule has 138 valence electrons. The van der Waals surface area contributed by atoms with E-state index in [1.807, 2.05) is 6.07 Å². The van der Waals surface area contributed by atoms with E-state index in [4.69, 9.17) is 0 Å². The van der Waals surface area contributed by atoms with Crippen molar-refractivity contribution in [1.29, 1.82) is 0 Å². The number of halogens is 1. The molecule has 6 heteroatoms. The normalized spacial score (nSPS) is 11.8. The third-order valence-electron chi connectivity index (χ3n) is 5.07. The Morgan fingerprint density at radius 2 is 1.60 bits per heavy atom. The van der Waals surface area contributed by atoms with Crippen molar-refractivity contribution >= 4 is 22.1 Å². The predicted octanol–water partition coefficient (Wildman–Crippen LogP) is 4.86. The van der Waals surface area contributed by atoms with Crippen LogP contribution in [0.4, 0.5) is 4.39 Å². The van der Waals surface area contributed by atoms with Crippen LogP contribution in [0.2, 0.25) is 13.3 Å². The van der Waals surface area contributed by atoms with Gasteiger partial charge in [-0.15, -0.1) is 0 Å². The van der Waals surface area contributed by atoms with Crippen molar-refractivity contribution < 1.29 is 4.39 Å². The molecule has 0 radical (unpaired) electrons. The van der Waals surface area contributed by atoms with Crippen molar-refractivity contribution in [1.82, 2.24) is 20.0 Å². The van der Waals surface area contributed by atoms with Gasteiger partial charge in [-0.25, -0.2) is 0 Å². The third kappa shape index (κ3) is 5.25. The first-order chi connectivity index (χ1) is 12.2. The van der Waals surface area contributed by atoms with E-state index in [-0.39, 0.29) is 5.82 Å². The molecule has 0 spiro atoms. The van der Waals surface area contributed by atoms with E-state index in [0.29, 0.717) is 5.69 Å². The van der Waals surface area contributed by atoms with Gasteiger partial charge in [-0.1, -0.05) is 0 Å². The first-order valence-corrected chi connectivity index (χ1v) is 17.2. The molecule has 0 amide bonds. The summed E-state index contributed by atoms with van der Waals surface area (Å²) in [6, 6.07) is 1.99. The predicted molar refractivity (Wildman–Crippen MR) is 104 cm³/mol. The van der Waals surface area contributed by atoms with Crippen LogP contribution in [0.5, 0.6) is 0 Å². The number of rotatable bonds is 11. The van der Waals surface area contributed by atoms with Crippen LogP contribution in [0.1, 0.15) is 59.3 Å². The molecule has 0 bridgehead atoms. The Morgan fingerprint density at radius 1 is 1.00 bits per heavy atom. The van der Waals surface area contributed by atoms with Crippen molar-refractivity contribution in [2.75, 3.05) is 0 Å². The minimum absolute atomic E-state index is 0.323. The summed E-state index contributed by atoms with van der Waals surface area (Å²) >= 11 is -2.65. The van der Waals surface area contributed by atoms with Crippen molar-refractivity contribution in [3.63, 3.8) is 0 Å². The van der Waals surface area contributed by atoms with Gasteiger partial charge in [0, 0.05) is 0 Å². The van der Waals surface area contributed by atoms with E-state index in [9.17, 15) is 4.39 Å². The first kappa shape index (κ1) is 20.3. The molecule has 25 heavy (non-hydrogen) atoms. The van der Waals surface area contributed by atoms with Gasteiger partial charge in [0.05, 0.1) is 0 Å². The number of nitrogens with zero attached hydrogens (tertiary/aromatic N) is 4. The van der Waals surface area contributed by atoms with Crippen LogP contribution in [0.3, 0.4) is 0 Å². The average Bonchev–Trinajstić information content (AvgIpc) is 3.16. The molecule has 0 unspecified atom stereocenters. The first-order valence-electron chi connectivity index (χ1n) is 9.69. The van der Waals surface area contributed by atoms with Crippen LogP contribution in [0, 0.1) is 5.82 Å². The molecule has 0 aliphatic heterocycles. The molecule has 2 heterocycles. The molecule has 0 aromatic carbocycles. The van der Waals surface area contributed by atoms with Crippen LogP contribution >= 0.6 is 0 Å². The number of pyridine rings is 1. The summed E-state index contributed by atoms with van der Waals surface area (Å²) in [5.74, 6) is -0.323. The van der Waals surface area contributed by atoms with Crippen LogP contribution in [-0.2, 0) is 0 Å². The van der Waals surface area contributed by atoms with Gasteiger partial charge in [0.2, 0.25) is 0 Å². The van der Waals surface area contributed by atoms with Gasteiger partial charge in [-0.2, -0.15) is 0 Å². The Hall–Kier alpha value is -0.981. The number of unbranched alkanes of at least 4 members (excludes halogenated alkanes) is 3. The van der Waals surface area contributed by atoms with E-state index in [0.717, 1.165) is 0 Å². The van der Waals surface area contributed by atoms with Crippen LogP contribution in [0.25, 0.3) is 5.69 Å². The zero-order chi connectivity index (χ0) is 18.1. The Bertz CT molecular complexity index is 609. The maximum absolute atomic E-state index is 14.3. The molecule has 0 N–H and O–H groups in total. The van der Waals surface area contributed by atoms with E-state index in [1.54, 1.807) is 12.4 Å². The van der Waals surface area contributed by atoms with Gasteiger partial charge in [0.25, 0.3) is 0 Å². The molecule has 2 rings (SSSR count). The average molecular weight is 453 g/mol. The van der Waals surface area contributed by atoms with Crippen molar-refractivity contribution in [2.45, 2.75) is 72.6 Å². The summed E-state index contributed by atoms with van der Waals surface area (Å²) in [5, 5.41) is 7.80. The van der Waals surface area contributed by atoms with Crippen molar-refractivity contribution in [3.05, 3.63) is 30.5 Å². The quantitative estimate of drug-likeness (QED) is 0.457. The van der Waals surface area contributed by atoms with Gasteiger partial charge in [-0.05, 0) is 0 Å². The van der Waals surface area contributed by atoms with Gasteiger partial charge in [0.15, 0.2) is 0 Å². The second kappa shape index (κ2) is 10.2. The van der Waals surface area contributed by atoms with Crippen LogP contribution in [-0.4, -0.2) is 38.4 Å². The zero-order valence-electron chi connectivity index (χ0n) is 15.8. The molecule has 0 aliphatic rings. The molecular formula is C19H31FN4Sn. The molecule has 0 aliphatic carbocycles. The molecule has 4 nitrogen and oxygen atoms in total. The Labute approximate surface area is 155 Å². The van der Waals surface area contributed by atoms with E-state index < -0.39 is 18.4 Å². The van der Waals surface area contributed by atoms with Crippen LogP contribution in [0.15, 0.2) is 24.7 Å². The number of hydrogen-bond acceptors (Lipinski definition) is 3. The molecule has 0 atom stereocenters. The molecule has 0 fully saturated rings. The molecular weight excluding hydrogens is 422 g/mol. The fourth-order valence-corrected chi connectivity index (χ4v) is 18.9. The van der Waals surface area contributed by atoms with Gasteiger partial charge in [0.1, 0.15) is 0 Å². The molecule has 2 aromatic heterocycles. The second-order valence-corrected chi connectivity index (χ2v) is 20.0. The summed E-state index contributed by atoms with van der Waals surface area (Å²) in [4.78, 5) is 4.64. The summed E-state index contributed by atoms with van der Waals surface area (Å²) in [5.41, 5.74) is 0.494. The number of aromatic nitrogens is 4. The van der Waals surface area contributed by atoms with E-state index >= 15 is 0 Å². The molecule has 0 saturated heterocycles. The van der Waals surface area contributed by atoms with Gasteiger partial charge in [-0.3, -0.25) is 0 Å². The monoisotopic (exact) mass is 454 g/mol.